The van der Waals surface area contributed by atoms with Gasteiger partial charge in [0, 0.05) is 0 Å². The van der Waals surface area contributed by atoms with E-state index in [4.69, 9.17) is 75.8 Å². The summed E-state index contributed by atoms with van der Waals surface area (Å²) in [7, 11) is 0. The van der Waals surface area contributed by atoms with Crippen molar-refractivity contribution in [3.05, 3.63) is 395 Å². The largest absolute Gasteiger partial charge is 0.374 e. The van der Waals surface area contributed by atoms with E-state index in [1.807, 2.05) is 334 Å². The first-order chi connectivity index (χ1) is 55.0. The van der Waals surface area contributed by atoms with E-state index in [2.05, 4.69) is 0 Å². The van der Waals surface area contributed by atoms with Gasteiger partial charge >= 0.3 is 0 Å². The molecule has 0 spiro atoms. The molecule has 14 rings (SSSR count). The maximum absolute atomic E-state index is 7.99. The van der Waals surface area contributed by atoms with Crippen LogP contribution in [0.1, 0.15) is 61.2 Å². The molecular formula is C95H98O16. The molecule has 3 aliphatic heterocycles. The first-order valence-corrected chi connectivity index (χ1v) is 38.4. The van der Waals surface area contributed by atoms with Gasteiger partial charge in [0.2, 0.25) is 0 Å². The maximum atomic E-state index is 7.99. The standard InChI is InChI=1S/C95H98O16/c1-12-34-70(35-13-1)56-96-67-81-84(98-58-72-38-16-3-17-39-72)87(101-61-75-44-22-6-23-45-75)90(103-63-77-48-26-8-27-49-77)93(108-81)107-69-83-86(100-60-74-42-20-5-21-43-74)89(92(105-65-79-52-30-10-31-53-79)94(109-83)106-66-80-54-32-11-33-55-80)111-95-91(104-64-78-50-28-9-29-51-78)88(102-62-76-46-24-7-25-47-76)85(99-59-73-40-18-4-19-41-73)82(110-95)68-97-57-71-36-14-2-15-37-71/h1-55,81-95H,56-69H2. The Kier molecular flexibility index (Phi) is 30.0. The van der Waals surface area contributed by atoms with E-state index in [1.54, 1.807) is 0 Å². The topological polar surface area (TPSA) is 148 Å². The second-order valence-electron chi connectivity index (χ2n) is 28.0. The van der Waals surface area contributed by atoms with Crippen LogP contribution >= 0.6 is 0 Å². The van der Waals surface area contributed by atoms with Crippen LogP contribution < -0.4 is 0 Å². The molecule has 0 N–H and O–H groups in total. The molecule has 0 aromatic heterocycles. The molecule has 3 heterocycles. The van der Waals surface area contributed by atoms with Crippen LogP contribution in [-0.2, 0) is 148 Å². The van der Waals surface area contributed by atoms with Crippen LogP contribution in [0.5, 0.6) is 0 Å². The number of hydrogen-bond acceptors (Lipinski definition) is 16. The van der Waals surface area contributed by atoms with Crippen molar-refractivity contribution in [2.75, 3.05) is 19.8 Å². The van der Waals surface area contributed by atoms with Crippen LogP contribution in [0.25, 0.3) is 0 Å². The zero-order valence-corrected chi connectivity index (χ0v) is 62.3. The van der Waals surface area contributed by atoms with Gasteiger partial charge in [-0.1, -0.05) is 334 Å². The van der Waals surface area contributed by atoms with Crippen LogP contribution in [0, 0.1) is 0 Å². The van der Waals surface area contributed by atoms with Crippen molar-refractivity contribution >= 4 is 0 Å². The molecular weight excluding hydrogens is 1400 g/mol. The van der Waals surface area contributed by atoms with E-state index in [-0.39, 0.29) is 79.3 Å². The molecule has 3 fully saturated rings. The Morgan fingerprint density at radius 2 is 0.351 bits per heavy atom. The highest BCUT2D eigenvalue weighted by molar-refractivity contribution is 5.22. The highest BCUT2D eigenvalue weighted by Gasteiger charge is 2.56. The summed E-state index contributed by atoms with van der Waals surface area (Å²) in [4.78, 5) is 0. The van der Waals surface area contributed by atoms with Gasteiger partial charge < -0.3 is 75.8 Å². The average molecular weight is 1500 g/mol. The predicted molar refractivity (Wildman–Crippen MR) is 420 cm³/mol. The molecule has 15 atom stereocenters. The van der Waals surface area contributed by atoms with E-state index in [0.717, 1.165) is 61.2 Å². The van der Waals surface area contributed by atoms with Crippen LogP contribution in [0.15, 0.2) is 334 Å². The van der Waals surface area contributed by atoms with Gasteiger partial charge in [-0.05, 0) is 61.2 Å². The fourth-order valence-corrected chi connectivity index (χ4v) is 14.0. The number of hydrogen-bond donors (Lipinski definition) is 0. The molecule has 15 unspecified atom stereocenters. The van der Waals surface area contributed by atoms with Crippen molar-refractivity contribution in [3.63, 3.8) is 0 Å². The van der Waals surface area contributed by atoms with Gasteiger partial charge in [-0.25, -0.2) is 0 Å². The summed E-state index contributed by atoms with van der Waals surface area (Å²) < 4.78 is 117. The summed E-state index contributed by atoms with van der Waals surface area (Å²) in [6.07, 6.45) is -14.6. The maximum Gasteiger partial charge on any atom is 0.187 e. The Labute approximate surface area is 651 Å². The Balaban J connectivity index is 0.881. The molecule has 16 nitrogen and oxygen atoms in total. The van der Waals surface area contributed by atoms with Crippen LogP contribution in [0.4, 0.5) is 0 Å². The third-order valence-electron chi connectivity index (χ3n) is 19.8. The highest BCUT2D eigenvalue weighted by atomic mass is 16.8. The molecule has 0 radical (unpaired) electrons. The zero-order chi connectivity index (χ0) is 75.1. The molecule has 0 amide bonds. The first-order valence-electron chi connectivity index (χ1n) is 38.4. The number of rotatable bonds is 40. The Morgan fingerprint density at radius 3 is 0.631 bits per heavy atom. The molecule has 111 heavy (non-hydrogen) atoms. The van der Waals surface area contributed by atoms with Gasteiger partial charge in [-0.15, -0.1) is 0 Å². The predicted octanol–water partition coefficient (Wildman–Crippen LogP) is 16.9. The third kappa shape index (κ3) is 23.4. The molecule has 3 saturated heterocycles. The second kappa shape index (κ2) is 42.4. The Hall–Kier alpha value is -9.22. The van der Waals surface area contributed by atoms with E-state index in [1.165, 1.54) is 0 Å². The molecule has 0 bridgehead atoms. The SMILES string of the molecule is c1ccc(COCC2OC(OCC3OC(OCc4ccccc4)C(OCc4ccccc4)C(OC4OC(COCc5ccccc5)C(OCc5ccccc5)C(OCc5ccccc5)C4OCc4ccccc4)C3OCc3ccccc3)C(OCc3ccccc3)C(OCc3ccccc3)C2OCc2ccccc2)cc1. The summed E-state index contributed by atoms with van der Waals surface area (Å²) in [6.45, 7) is 2.16. The van der Waals surface area contributed by atoms with Crippen LogP contribution in [0.3, 0.4) is 0 Å². The van der Waals surface area contributed by atoms with Crippen molar-refractivity contribution < 1.29 is 75.8 Å². The normalized spacial score (nSPS) is 23.9. The molecule has 16 heteroatoms. The quantitative estimate of drug-likeness (QED) is 0.0358. The summed E-state index contributed by atoms with van der Waals surface area (Å²) in [5.41, 5.74) is 10.4. The number of benzene rings is 11. The Bertz CT molecular complexity index is 4330. The zero-order valence-electron chi connectivity index (χ0n) is 62.3. The lowest BCUT2D eigenvalue weighted by molar-refractivity contribution is -0.384. The summed E-state index contributed by atoms with van der Waals surface area (Å²) in [5, 5.41) is 0. The first kappa shape index (κ1) is 78.5. The third-order valence-corrected chi connectivity index (χ3v) is 19.8. The van der Waals surface area contributed by atoms with Crippen molar-refractivity contribution in [3.8, 4) is 0 Å². The molecule has 0 saturated carbocycles. The van der Waals surface area contributed by atoms with Crippen molar-refractivity contribution in [1.82, 2.24) is 0 Å². The minimum absolute atomic E-state index is 0.0706. The number of ether oxygens (including phenoxy) is 16. The van der Waals surface area contributed by atoms with Crippen molar-refractivity contribution in [2.24, 2.45) is 0 Å². The van der Waals surface area contributed by atoms with Gasteiger partial charge in [0.05, 0.1) is 92.5 Å². The van der Waals surface area contributed by atoms with E-state index < -0.39 is 92.1 Å². The monoisotopic (exact) mass is 1490 g/mol. The summed E-state index contributed by atoms with van der Waals surface area (Å²) in [6, 6.07) is 111. The summed E-state index contributed by atoms with van der Waals surface area (Å²) >= 11 is 0. The Morgan fingerprint density at radius 1 is 0.162 bits per heavy atom. The van der Waals surface area contributed by atoms with E-state index in [0.29, 0.717) is 13.2 Å². The van der Waals surface area contributed by atoms with Gasteiger partial charge in [0.15, 0.2) is 18.9 Å². The lowest BCUT2D eigenvalue weighted by atomic mass is 9.95. The summed E-state index contributed by atoms with van der Waals surface area (Å²) in [5.74, 6) is 0. The second-order valence-corrected chi connectivity index (χ2v) is 28.0. The van der Waals surface area contributed by atoms with Gasteiger partial charge in [0.25, 0.3) is 0 Å². The van der Waals surface area contributed by atoms with Crippen LogP contribution in [-0.4, -0.2) is 112 Å². The molecule has 0 aliphatic carbocycles. The lowest BCUT2D eigenvalue weighted by Crippen LogP contribution is -2.67. The lowest BCUT2D eigenvalue weighted by Gasteiger charge is -2.50. The fourth-order valence-electron chi connectivity index (χ4n) is 14.0. The average Bonchev–Trinajstić information content (AvgIpc) is 0.768. The smallest absolute Gasteiger partial charge is 0.187 e. The highest BCUT2D eigenvalue weighted by Crippen LogP contribution is 2.39. The molecule has 11 aromatic rings. The minimum Gasteiger partial charge on any atom is -0.374 e. The molecule has 11 aromatic carbocycles. The van der Waals surface area contributed by atoms with E-state index >= 15 is 0 Å². The minimum atomic E-state index is -1.26. The van der Waals surface area contributed by atoms with Gasteiger partial charge in [-0.2, -0.15) is 0 Å². The van der Waals surface area contributed by atoms with Crippen molar-refractivity contribution in [2.45, 2.75) is 165 Å². The molecule has 574 valence electrons. The van der Waals surface area contributed by atoms with Gasteiger partial charge in [0.1, 0.15) is 73.2 Å². The van der Waals surface area contributed by atoms with Crippen molar-refractivity contribution in [1.29, 1.82) is 0 Å². The fraction of sp³-hybridized carbons (Fsp3) is 0.305. The van der Waals surface area contributed by atoms with Gasteiger partial charge in [-0.3, -0.25) is 0 Å². The van der Waals surface area contributed by atoms with E-state index in [9.17, 15) is 0 Å². The van der Waals surface area contributed by atoms with Crippen LogP contribution in [0.2, 0.25) is 0 Å². The molecule has 3 aliphatic rings.